The van der Waals surface area contributed by atoms with Crippen LogP contribution >= 0.6 is 0 Å². The highest BCUT2D eigenvalue weighted by atomic mass is 16.5. The van der Waals surface area contributed by atoms with Crippen LogP contribution in [0.1, 0.15) is 30.0 Å². The van der Waals surface area contributed by atoms with Crippen molar-refractivity contribution in [3.63, 3.8) is 0 Å². The number of benzene rings is 1. The zero-order chi connectivity index (χ0) is 21.1. The van der Waals surface area contributed by atoms with Crippen LogP contribution in [0.4, 0.5) is 0 Å². The molecule has 0 atom stereocenters. The van der Waals surface area contributed by atoms with Crippen LogP contribution < -0.4 is 14.2 Å². The van der Waals surface area contributed by atoms with Crippen LogP contribution in [0.2, 0.25) is 0 Å². The maximum absolute atomic E-state index is 12.9. The van der Waals surface area contributed by atoms with Crippen molar-refractivity contribution in [2.75, 3.05) is 34.4 Å². The zero-order valence-corrected chi connectivity index (χ0v) is 17.3. The number of aromatic nitrogens is 4. The zero-order valence-electron chi connectivity index (χ0n) is 17.3. The number of nitrogens with zero attached hydrogens (tertiary/aromatic N) is 4. The van der Waals surface area contributed by atoms with E-state index in [0.717, 1.165) is 29.6 Å². The summed E-state index contributed by atoms with van der Waals surface area (Å²) in [7, 11) is 4.69. The molecule has 0 bridgehead atoms. The number of hydrogen-bond acceptors (Lipinski definition) is 7. The van der Waals surface area contributed by atoms with Crippen molar-refractivity contribution in [3.8, 4) is 17.2 Å². The molecule has 1 aliphatic heterocycles. The van der Waals surface area contributed by atoms with E-state index in [1.165, 1.54) is 0 Å². The maximum Gasteiger partial charge on any atom is 0.226 e. The van der Waals surface area contributed by atoms with Crippen LogP contribution in [0.25, 0.3) is 11.2 Å². The molecule has 0 aliphatic carbocycles. The van der Waals surface area contributed by atoms with Gasteiger partial charge in [-0.2, -0.15) is 5.10 Å². The van der Waals surface area contributed by atoms with Crippen LogP contribution in [0.3, 0.4) is 0 Å². The minimum absolute atomic E-state index is 0.0805. The van der Waals surface area contributed by atoms with E-state index in [1.807, 2.05) is 17.0 Å². The van der Waals surface area contributed by atoms with Gasteiger partial charge in [0, 0.05) is 31.4 Å². The molecular formula is C21H25N5O4. The van der Waals surface area contributed by atoms with Gasteiger partial charge in [-0.3, -0.25) is 9.89 Å². The van der Waals surface area contributed by atoms with Gasteiger partial charge in [0.1, 0.15) is 5.52 Å². The molecule has 1 saturated heterocycles. The highest BCUT2D eigenvalue weighted by Gasteiger charge is 2.27. The monoisotopic (exact) mass is 411 g/mol. The standard InChI is InChI=1S/C21H25N5O4/c1-28-15-10-13(11-16(29-2)20(15)30-3)12-17(27)26-8-4-14(5-9-26)18-19-21(25-24-18)23-7-6-22-19/h6-7,10-11,14H,4-5,8-9,12H2,1-3H3,(H,23,24,25). The average molecular weight is 411 g/mol. The number of ether oxygens (including phenoxy) is 3. The number of carbonyl (C=O) groups is 1. The van der Waals surface area contributed by atoms with Gasteiger partial charge in [0.15, 0.2) is 17.1 Å². The van der Waals surface area contributed by atoms with Crippen molar-refractivity contribution in [3.05, 3.63) is 35.8 Å². The summed E-state index contributed by atoms with van der Waals surface area (Å²) in [5.74, 6) is 1.98. The number of aromatic amines is 1. The second-order valence-electron chi connectivity index (χ2n) is 7.23. The first-order valence-electron chi connectivity index (χ1n) is 9.86. The molecule has 0 radical (unpaired) electrons. The Kier molecular flexibility index (Phi) is 5.69. The predicted octanol–water partition coefficient (Wildman–Crippen LogP) is 2.33. The Bertz CT molecular complexity index is 1020. The van der Waals surface area contributed by atoms with Crippen LogP contribution in [0.5, 0.6) is 17.2 Å². The molecule has 9 nitrogen and oxygen atoms in total. The number of hydrogen-bond donors (Lipinski definition) is 1. The molecule has 2 aromatic heterocycles. The average Bonchev–Trinajstić information content (AvgIpc) is 3.22. The molecule has 1 aliphatic rings. The fraction of sp³-hybridized carbons (Fsp3) is 0.429. The highest BCUT2D eigenvalue weighted by molar-refractivity contribution is 5.79. The van der Waals surface area contributed by atoms with E-state index >= 15 is 0 Å². The number of piperidine rings is 1. The van der Waals surface area contributed by atoms with Gasteiger partial charge in [0.25, 0.3) is 0 Å². The Hall–Kier alpha value is -3.36. The van der Waals surface area contributed by atoms with E-state index in [1.54, 1.807) is 33.7 Å². The number of amides is 1. The molecule has 3 heterocycles. The Morgan fingerprint density at radius 2 is 1.73 bits per heavy atom. The quantitative estimate of drug-likeness (QED) is 0.664. The van der Waals surface area contributed by atoms with Crippen LogP contribution in [-0.4, -0.2) is 65.4 Å². The Morgan fingerprint density at radius 3 is 2.37 bits per heavy atom. The molecule has 158 valence electrons. The number of H-pyrrole nitrogens is 1. The van der Waals surface area contributed by atoms with Crippen LogP contribution in [0.15, 0.2) is 24.5 Å². The minimum atomic E-state index is 0.0805. The summed E-state index contributed by atoms with van der Waals surface area (Å²) in [5.41, 5.74) is 3.29. The molecule has 9 heteroatoms. The van der Waals surface area contributed by atoms with Crippen molar-refractivity contribution >= 4 is 17.1 Å². The topological polar surface area (TPSA) is 102 Å². The second kappa shape index (κ2) is 8.56. The number of likely N-dealkylation sites (tertiary alicyclic amines) is 1. The molecule has 30 heavy (non-hydrogen) atoms. The summed E-state index contributed by atoms with van der Waals surface area (Å²) in [6.45, 7) is 1.38. The van der Waals surface area contributed by atoms with Gasteiger partial charge >= 0.3 is 0 Å². The Labute approximate surface area is 174 Å². The van der Waals surface area contributed by atoms with Crippen molar-refractivity contribution in [1.82, 2.24) is 25.1 Å². The SMILES string of the molecule is COc1cc(CC(=O)N2CCC(c3[nH]nc4nccnc34)CC2)cc(OC)c1OC. The third-order valence-corrected chi connectivity index (χ3v) is 5.55. The van der Waals surface area contributed by atoms with Gasteiger partial charge in [-0.15, -0.1) is 0 Å². The summed E-state index contributed by atoms with van der Waals surface area (Å²) in [6, 6.07) is 3.64. The third kappa shape index (κ3) is 3.74. The lowest BCUT2D eigenvalue weighted by Gasteiger charge is -2.31. The summed E-state index contributed by atoms with van der Waals surface area (Å²) < 4.78 is 16.1. The molecule has 1 fully saturated rings. The van der Waals surface area contributed by atoms with E-state index < -0.39 is 0 Å². The first-order valence-corrected chi connectivity index (χ1v) is 9.86. The number of rotatable bonds is 6. The molecule has 1 amide bonds. The smallest absolute Gasteiger partial charge is 0.226 e. The van der Waals surface area contributed by atoms with Crippen molar-refractivity contribution in [2.24, 2.45) is 0 Å². The predicted molar refractivity (Wildman–Crippen MR) is 110 cm³/mol. The summed E-state index contributed by atoms with van der Waals surface area (Å²) >= 11 is 0. The molecule has 4 rings (SSSR count). The van der Waals surface area contributed by atoms with Gasteiger partial charge in [0.05, 0.1) is 33.4 Å². The summed E-state index contributed by atoms with van der Waals surface area (Å²) in [4.78, 5) is 23.4. The van der Waals surface area contributed by atoms with Crippen LogP contribution in [-0.2, 0) is 11.2 Å². The first kappa shape index (κ1) is 19.9. The number of nitrogens with one attached hydrogen (secondary N) is 1. The molecule has 1 N–H and O–H groups in total. The molecule has 0 saturated carbocycles. The molecule has 1 aromatic carbocycles. The van der Waals surface area contributed by atoms with Gasteiger partial charge in [0.2, 0.25) is 11.7 Å². The van der Waals surface area contributed by atoms with Crippen molar-refractivity contribution in [2.45, 2.75) is 25.2 Å². The maximum atomic E-state index is 12.9. The van der Waals surface area contributed by atoms with Gasteiger partial charge in [-0.05, 0) is 30.5 Å². The third-order valence-electron chi connectivity index (χ3n) is 5.55. The van der Waals surface area contributed by atoms with E-state index in [4.69, 9.17) is 14.2 Å². The van der Waals surface area contributed by atoms with E-state index in [2.05, 4.69) is 20.2 Å². The first-order chi connectivity index (χ1) is 14.6. The number of fused-ring (bicyclic) bond motifs is 1. The summed E-state index contributed by atoms with van der Waals surface area (Å²) in [6.07, 6.45) is 5.30. The largest absolute Gasteiger partial charge is 0.493 e. The normalized spacial score (nSPS) is 14.7. The number of carbonyl (C=O) groups excluding carboxylic acids is 1. The highest BCUT2D eigenvalue weighted by Crippen LogP contribution is 2.38. The fourth-order valence-corrected chi connectivity index (χ4v) is 3.99. The van der Waals surface area contributed by atoms with Crippen LogP contribution in [0, 0.1) is 0 Å². The fourth-order valence-electron chi connectivity index (χ4n) is 3.99. The number of methoxy groups -OCH3 is 3. The Balaban J connectivity index is 1.42. The lowest BCUT2D eigenvalue weighted by atomic mass is 9.92. The summed E-state index contributed by atoms with van der Waals surface area (Å²) in [5, 5.41) is 7.32. The lowest BCUT2D eigenvalue weighted by Crippen LogP contribution is -2.38. The second-order valence-corrected chi connectivity index (χ2v) is 7.23. The van der Waals surface area contributed by atoms with Gasteiger partial charge < -0.3 is 19.1 Å². The molecule has 3 aromatic rings. The molecule has 0 spiro atoms. The molecular weight excluding hydrogens is 386 g/mol. The Morgan fingerprint density at radius 1 is 1.07 bits per heavy atom. The van der Waals surface area contributed by atoms with E-state index in [9.17, 15) is 4.79 Å². The van der Waals surface area contributed by atoms with Gasteiger partial charge in [-0.25, -0.2) is 9.97 Å². The van der Waals surface area contributed by atoms with E-state index in [-0.39, 0.29) is 18.2 Å². The minimum Gasteiger partial charge on any atom is -0.493 e. The molecule has 0 unspecified atom stereocenters. The van der Waals surface area contributed by atoms with E-state index in [0.29, 0.717) is 36.0 Å². The van der Waals surface area contributed by atoms with Crippen molar-refractivity contribution < 1.29 is 19.0 Å². The van der Waals surface area contributed by atoms with Crippen molar-refractivity contribution in [1.29, 1.82) is 0 Å². The lowest BCUT2D eigenvalue weighted by molar-refractivity contribution is -0.131. The van der Waals surface area contributed by atoms with Gasteiger partial charge in [-0.1, -0.05) is 0 Å².